The summed E-state index contributed by atoms with van der Waals surface area (Å²) in [6.07, 6.45) is 0.442. The Labute approximate surface area is 183 Å². The van der Waals surface area contributed by atoms with Crippen LogP contribution in [0.3, 0.4) is 0 Å². The number of benzene rings is 1. The second-order valence-corrected chi connectivity index (χ2v) is 11.6. The molecule has 2 aromatic heterocycles. The molecule has 1 amide bonds. The van der Waals surface area contributed by atoms with E-state index in [1.807, 2.05) is 18.2 Å². The Balaban J connectivity index is 1.61. The first-order valence-electron chi connectivity index (χ1n) is 9.33. The summed E-state index contributed by atoms with van der Waals surface area (Å²) in [4.78, 5) is 21.5. The van der Waals surface area contributed by atoms with Crippen LogP contribution in [0.2, 0.25) is 0 Å². The SMILES string of the molecule is CN(C)C(=O)CC1CN=C(c2cc3cccc(N(C)S(=O)(=O)c4cccs4)c3[nH]2)S1. The van der Waals surface area contributed by atoms with Gasteiger partial charge in [-0.05, 0) is 23.6 Å². The van der Waals surface area contributed by atoms with Gasteiger partial charge in [0, 0.05) is 38.2 Å². The third-order valence-electron chi connectivity index (χ3n) is 4.93. The quantitative estimate of drug-likeness (QED) is 0.608. The van der Waals surface area contributed by atoms with Crippen molar-refractivity contribution < 1.29 is 13.2 Å². The van der Waals surface area contributed by atoms with E-state index in [1.165, 1.54) is 15.6 Å². The highest BCUT2D eigenvalue weighted by molar-refractivity contribution is 8.15. The predicted octanol–water partition coefficient (Wildman–Crippen LogP) is 3.39. The molecule has 1 unspecified atom stereocenters. The maximum Gasteiger partial charge on any atom is 0.273 e. The van der Waals surface area contributed by atoms with Crippen LogP contribution in [0.5, 0.6) is 0 Å². The van der Waals surface area contributed by atoms with Gasteiger partial charge in [-0.25, -0.2) is 8.42 Å². The number of hydrogen-bond acceptors (Lipinski definition) is 6. The second kappa shape index (κ2) is 8.09. The van der Waals surface area contributed by atoms with E-state index in [1.54, 1.807) is 61.4 Å². The number of aromatic amines is 1. The van der Waals surface area contributed by atoms with E-state index < -0.39 is 10.0 Å². The lowest BCUT2D eigenvalue weighted by Gasteiger charge is -2.19. The van der Waals surface area contributed by atoms with Gasteiger partial charge >= 0.3 is 0 Å². The molecule has 0 spiro atoms. The number of H-pyrrole nitrogens is 1. The van der Waals surface area contributed by atoms with Crippen molar-refractivity contribution in [3.05, 3.63) is 47.5 Å². The molecule has 0 saturated heterocycles. The minimum absolute atomic E-state index is 0.0864. The van der Waals surface area contributed by atoms with Crippen LogP contribution in [0.15, 0.2) is 51.0 Å². The molecule has 30 heavy (non-hydrogen) atoms. The van der Waals surface area contributed by atoms with Crippen molar-refractivity contribution in [2.45, 2.75) is 15.9 Å². The van der Waals surface area contributed by atoms with Gasteiger partial charge in [-0.2, -0.15) is 0 Å². The second-order valence-electron chi connectivity index (χ2n) is 7.21. The summed E-state index contributed by atoms with van der Waals surface area (Å²) in [5.74, 6) is 0.0864. The largest absolute Gasteiger partial charge is 0.351 e. The molecule has 0 fully saturated rings. The molecule has 7 nitrogen and oxygen atoms in total. The number of sulfonamides is 1. The van der Waals surface area contributed by atoms with Crippen molar-refractivity contribution in [3.8, 4) is 0 Å². The van der Waals surface area contributed by atoms with Crippen LogP contribution in [0.1, 0.15) is 12.1 Å². The summed E-state index contributed by atoms with van der Waals surface area (Å²) in [6.45, 7) is 0.592. The number of nitrogens with one attached hydrogen (secondary N) is 1. The summed E-state index contributed by atoms with van der Waals surface area (Å²) in [5.41, 5.74) is 2.16. The number of anilines is 1. The number of fused-ring (bicyclic) bond motifs is 1. The molecular weight excluding hydrogens is 440 g/mol. The van der Waals surface area contributed by atoms with E-state index in [4.69, 9.17) is 0 Å². The monoisotopic (exact) mass is 462 g/mol. The molecular formula is C20H22N4O3S3. The number of thioether (sulfide) groups is 1. The van der Waals surface area contributed by atoms with Gasteiger partial charge in [0.15, 0.2) is 0 Å². The summed E-state index contributed by atoms with van der Waals surface area (Å²) >= 11 is 2.78. The molecule has 1 aromatic carbocycles. The molecule has 10 heteroatoms. The Morgan fingerprint density at radius 3 is 2.73 bits per heavy atom. The van der Waals surface area contributed by atoms with Crippen molar-refractivity contribution >= 4 is 60.7 Å². The van der Waals surface area contributed by atoms with Crippen LogP contribution >= 0.6 is 23.1 Å². The minimum Gasteiger partial charge on any atom is -0.351 e. The predicted molar refractivity (Wildman–Crippen MR) is 124 cm³/mol. The normalized spacial score (nSPS) is 16.6. The van der Waals surface area contributed by atoms with Crippen molar-refractivity contribution in [1.29, 1.82) is 0 Å². The third kappa shape index (κ3) is 3.86. The Bertz CT molecular complexity index is 1210. The molecule has 3 aromatic rings. The van der Waals surface area contributed by atoms with Crippen molar-refractivity contribution in [2.24, 2.45) is 4.99 Å². The highest BCUT2D eigenvalue weighted by Crippen LogP contribution is 2.34. The molecule has 1 aliphatic heterocycles. The van der Waals surface area contributed by atoms with Crippen molar-refractivity contribution in [3.63, 3.8) is 0 Å². The molecule has 3 heterocycles. The highest BCUT2D eigenvalue weighted by Gasteiger charge is 2.27. The maximum atomic E-state index is 13.0. The van der Waals surface area contributed by atoms with Gasteiger partial charge in [0.05, 0.1) is 23.4 Å². The van der Waals surface area contributed by atoms with E-state index in [-0.39, 0.29) is 11.2 Å². The molecule has 0 bridgehead atoms. The zero-order valence-electron chi connectivity index (χ0n) is 16.8. The summed E-state index contributed by atoms with van der Waals surface area (Å²) in [6, 6.07) is 10.9. The smallest absolute Gasteiger partial charge is 0.273 e. The molecule has 1 N–H and O–H groups in total. The molecule has 0 aliphatic carbocycles. The number of carbonyl (C=O) groups excluding carboxylic acids is 1. The zero-order chi connectivity index (χ0) is 21.5. The van der Waals surface area contributed by atoms with Crippen molar-refractivity contribution in [1.82, 2.24) is 9.88 Å². The van der Waals surface area contributed by atoms with E-state index in [0.29, 0.717) is 22.9 Å². The molecule has 4 rings (SSSR count). The van der Waals surface area contributed by atoms with E-state index in [9.17, 15) is 13.2 Å². The standard InChI is InChI=1S/C20H22N4O3S3/c1-23(2)17(25)11-14-12-21-20(29-14)15-10-13-6-4-7-16(19(13)22-15)24(3)30(26,27)18-8-5-9-28-18/h4-10,14,22H,11-12H2,1-3H3. The summed E-state index contributed by atoms with van der Waals surface area (Å²) in [7, 11) is 1.45. The number of aliphatic imine (C=N–C) groups is 1. The fourth-order valence-corrected chi connectivity index (χ4v) is 6.69. The number of carbonyl (C=O) groups is 1. The van der Waals surface area contributed by atoms with Crippen LogP contribution in [-0.2, 0) is 14.8 Å². The van der Waals surface area contributed by atoms with Gasteiger partial charge in [-0.15, -0.1) is 11.3 Å². The Morgan fingerprint density at radius 2 is 2.03 bits per heavy atom. The fraction of sp³-hybridized carbons (Fsp3) is 0.300. The van der Waals surface area contributed by atoms with Gasteiger partial charge in [-0.1, -0.05) is 30.0 Å². The molecule has 1 atom stereocenters. The van der Waals surface area contributed by atoms with Gasteiger partial charge < -0.3 is 9.88 Å². The molecule has 0 saturated carbocycles. The van der Waals surface area contributed by atoms with Gasteiger partial charge in [0.2, 0.25) is 5.91 Å². The Hall–Kier alpha value is -2.30. The van der Waals surface area contributed by atoms with Crippen LogP contribution in [0, 0.1) is 0 Å². The number of thiophene rings is 1. The number of hydrogen-bond donors (Lipinski definition) is 1. The van der Waals surface area contributed by atoms with Crippen LogP contribution < -0.4 is 4.31 Å². The van der Waals surface area contributed by atoms with Crippen LogP contribution in [0.25, 0.3) is 10.9 Å². The number of aromatic nitrogens is 1. The lowest BCUT2D eigenvalue weighted by atomic mass is 10.2. The topological polar surface area (TPSA) is 85.8 Å². The number of para-hydroxylation sites is 1. The zero-order valence-corrected chi connectivity index (χ0v) is 19.3. The first-order chi connectivity index (χ1) is 14.3. The van der Waals surface area contributed by atoms with Crippen LogP contribution in [-0.4, -0.2) is 62.2 Å². The lowest BCUT2D eigenvalue weighted by Crippen LogP contribution is -2.26. The summed E-state index contributed by atoms with van der Waals surface area (Å²) < 4.78 is 27.5. The lowest BCUT2D eigenvalue weighted by molar-refractivity contribution is -0.128. The first kappa shape index (κ1) is 21.0. The highest BCUT2D eigenvalue weighted by atomic mass is 32.2. The molecule has 158 valence electrons. The van der Waals surface area contributed by atoms with E-state index in [2.05, 4.69) is 9.98 Å². The van der Waals surface area contributed by atoms with E-state index >= 15 is 0 Å². The van der Waals surface area contributed by atoms with E-state index in [0.717, 1.165) is 21.6 Å². The Kier molecular flexibility index (Phi) is 5.65. The average molecular weight is 463 g/mol. The average Bonchev–Trinajstić information content (AvgIpc) is 3.46. The maximum absolute atomic E-state index is 13.0. The number of nitrogens with zero attached hydrogens (tertiary/aromatic N) is 3. The minimum atomic E-state index is -3.63. The Morgan fingerprint density at radius 1 is 1.23 bits per heavy atom. The third-order valence-corrected chi connectivity index (χ3v) is 9.30. The summed E-state index contributed by atoms with van der Waals surface area (Å²) in [5, 5.41) is 3.62. The van der Waals surface area contributed by atoms with Gasteiger partial charge in [0.25, 0.3) is 10.0 Å². The molecule has 1 aliphatic rings. The molecule has 0 radical (unpaired) electrons. The first-order valence-corrected chi connectivity index (χ1v) is 12.5. The van der Waals surface area contributed by atoms with Crippen molar-refractivity contribution in [2.75, 3.05) is 32.0 Å². The van der Waals surface area contributed by atoms with Gasteiger partial charge in [-0.3, -0.25) is 14.1 Å². The van der Waals surface area contributed by atoms with Crippen LogP contribution in [0.4, 0.5) is 5.69 Å². The van der Waals surface area contributed by atoms with Gasteiger partial charge in [0.1, 0.15) is 9.25 Å². The fourth-order valence-electron chi connectivity index (χ4n) is 3.24. The number of rotatable bonds is 6. The number of amides is 1.